The molecule has 0 spiro atoms. The van der Waals surface area contributed by atoms with Crippen molar-refractivity contribution in [1.29, 1.82) is 0 Å². The zero-order valence-electron chi connectivity index (χ0n) is 11.2. The number of nitrogens with two attached hydrogens (primary N) is 1. The van der Waals surface area contributed by atoms with Gasteiger partial charge in [0.05, 0.1) is 6.04 Å². The molecule has 1 aromatic carbocycles. The highest BCUT2D eigenvalue weighted by Crippen LogP contribution is 2.02. The fourth-order valence-corrected chi connectivity index (χ4v) is 1.70. The van der Waals surface area contributed by atoms with E-state index in [-0.39, 0.29) is 5.91 Å². The van der Waals surface area contributed by atoms with Gasteiger partial charge >= 0.3 is 0 Å². The van der Waals surface area contributed by atoms with Crippen molar-refractivity contribution in [3.8, 4) is 0 Å². The summed E-state index contributed by atoms with van der Waals surface area (Å²) in [4.78, 5) is 13.5. The second-order valence-corrected chi connectivity index (χ2v) is 4.66. The SMILES string of the molecule is CC(N)C(=O)NCCCN(C)Cc1ccccc1. The third-order valence-corrected chi connectivity index (χ3v) is 2.72. The molecule has 0 aliphatic rings. The van der Waals surface area contributed by atoms with Crippen LogP contribution in [-0.2, 0) is 11.3 Å². The van der Waals surface area contributed by atoms with Gasteiger partial charge in [-0.2, -0.15) is 0 Å². The van der Waals surface area contributed by atoms with Crippen molar-refractivity contribution in [2.24, 2.45) is 5.73 Å². The Labute approximate surface area is 109 Å². The molecule has 1 amide bonds. The minimum Gasteiger partial charge on any atom is -0.355 e. The first kappa shape index (κ1) is 14.7. The average molecular weight is 249 g/mol. The molecular formula is C14H23N3O. The third-order valence-electron chi connectivity index (χ3n) is 2.72. The van der Waals surface area contributed by atoms with Crippen LogP contribution in [0.25, 0.3) is 0 Å². The Balaban J connectivity index is 2.14. The molecule has 4 nitrogen and oxygen atoms in total. The third kappa shape index (κ3) is 5.80. The molecule has 0 saturated heterocycles. The number of hydrogen-bond donors (Lipinski definition) is 2. The van der Waals surface area contributed by atoms with E-state index in [9.17, 15) is 4.79 Å². The number of carbonyl (C=O) groups excluding carboxylic acids is 1. The van der Waals surface area contributed by atoms with Crippen molar-refractivity contribution >= 4 is 5.91 Å². The predicted molar refractivity (Wildman–Crippen MR) is 74.1 cm³/mol. The molecule has 0 heterocycles. The first-order valence-electron chi connectivity index (χ1n) is 6.35. The van der Waals surface area contributed by atoms with Gasteiger partial charge in [0.2, 0.25) is 5.91 Å². The molecule has 0 saturated carbocycles. The van der Waals surface area contributed by atoms with Crippen LogP contribution in [0.3, 0.4) is 0 Å². The molecule has 0 aromatic heterocycles. The summed E-state index contributed by atoms with van der Waals surface area (Å²) in [5, 5.41) is 2.81. The summed E-state index contributed by atoms with van der Waals surface area (Å²) >= 11 is 0. The lowest BCUT2D eigenvalue weighted by Gasteiger charge is -2.17. The highest BCUT2D eigenvalue weighted by atomic mass is 16.2. The smallest absolute Gasteiger partial charge is 0.236 e. The molecule has 100 valence electrons. The number of hydrogen-bond acceptors (Lipinski definition) is 3. The molecule has 0 aliphatic heterocycles. The van der Waals surface area contributed by atoms with Crippen LogP contribution >= 0.6 is 0 Å². The predicted octanol–water partition coefficient (Wildman–Crippen LogP) is 0.972. The lowest BCUT2D eigenvalue weighted by Crippen LogP contribution is -2.39. The van der Waals surface area contributed by atoms with Gasteiger partial charge in [0.25, 0.3) is 0 Å². The Morgan fingerprint density at radius 2 is 2.06 bits per heavy atom. The van der Waals surface area contributed by atoms with Crippen molar-refractivity contribution in [2.45, 2.75) is 25.9 Å². The highest BCUT2D eigenvalue weighted by Gasteiger charge is 2.05. The van der Waals surface area contributed by atoms with E-state index in [0.717, 1.165) is 19.5 Å². The van der Waals surface area contributed by atoms with Gasteiger partial charge in [-0.05, 0) is 32.5 Å². The van der Waals surface area contributed by atoms with Crippen LogP contribution in [0, 0.1) is 0 Å². The number of amides is 1. The first-order valence-corrected chi connectivity index (χ1v) is 6.35. The van der Waals surface area contributed by atoms with Crippen LogP contribution in [0.1, 0.15) is 18.9 Å². The Bertz CT molecular complexity index is 351. The molecule has 0 bridgehead atoms. The highest BCUT2D eigenvalue weighted by molar-refractivity contribution is 5.80. The van der Waals surface area contributed by atoms with Gasteiger partial charge in [-0.3, -0.25) is 4.79 Å². The van der Waals surface area contributed by atoms with Gasteiger partial charge < -0.3 is 16.0 Å². The van der Waals surface area contributed by atoms with Crippen molar-refractivity contribution < 1.29 is 4.79 Å². The zero-order chi connectivity index (χ0) is 13.4. The molecule has 18 heavy (non-hydrogen) atoms. The molecular weight excluding hydrogens is 226 g/mol. The second-order valence-electron chi connectivity index (χ2n) is 4.66. The molecule has 1 unspecified atom stereocenters. The molecule has 1 atom stereocenters. The number of carbonyl (C=O) groups is 1. The Hall–Kier alpha value is -1.39. The molecule has 1 aromatic rings. The Morgan fingerprint density at radius 1 is 1.39 bits per heavy atom. The molecule has 0 fully saturated rings. The van der Waals surface area contributed by atoms with Crippen molar-refractivity contribution in [3.05, 3.63) is 35.9 Å². The zero-order valence-corrected chi connectivity index (χ0v) is 11.2. The van der Waals surface area contributed by atoms with Gasteiger partial charge in [0.15, 0.2) is 0 Å². The number of nitrogens with zero attached hydrogens (tertiary/aromatic N) is 1. The standard InChI is InChI=1S/C14H23N3O/c1-12(15)14(18)16-9-6-10-17(2)11-13-7-4-3-5-8-13/h3-5,7-8,12H,6,9-11,15H2,1-2H3,(H,16,18). The largest absolute Gasteiger partial charge is 0.355 e. The molecule has 3 N–H and O–H groups in total. The van der Waals surface area contributed by atoms with Crippen molar-refractivity contribution in [3.63, 3.8) is 0 Å². The van der Waals surface area contributed by atoms with E-state index in [1.807, 2.05) is 18.2 Å². The summed E-state index contributed by atoms with van der Waals surface area (Å²) in [6.45, 7) is 4.26. The van der Waals surface area contributed by atoms with E-state index in [1.54, 1.807) is 6.92 Å². The summed E-state index contributed by atoms with van der Waals surface area (Å²) < 4.78 is 0. The van der Waals surface area contributed by atoms with Crippen LogP contribution in [0.5, 0.6) is 0 Å². The monoisotopic (exact) mass is 249 g/mol. The van der Waals surface area contributed by atoms with E-state index in [4.69, 9.17) is 5.73 Å². The van der Waals surface area contributed by atoms with Crippen molar-refractivity contribution in [1.82, 2.24) is 10.2 Å². The van der Waals surface area contributed by atoms with E-state index >= 15 is 0 Å². The minimum absolute atomic E-state index is 0.0827. The average Bonchev–Trinajstić information content (AvgIpc) is 2.35. The molecule has 1 rings (SSSR count). The maximum Gasteiger partial charge on any atom is 0.236 e. The quantitative estimate of drug-likeness (QED) is 0.708. The maximum atomic E-state index is 11.2. The topological polar surface area (TPSA) is 58.4 Å². The van der Waals surface area contributed by atoms with Gasteiger partial charge in [0, 0.05) is 13.1 Å². The Morgan fingerprint density at radius 3 is 2.67 bits per heavy atom. The van der Waals surface area contributed by atoms with Crippen LogP contribution in [0.15, 0.2) is 30.3 Å². The summed E-state index contributed by atoms with van der Waals surface area (Å²) in [5.41, 5.74) is 6.76. The second kappa shape index (κ2) is 7.84. The molecule has 0 aliphatic carbocycles. The lowest BCUT2D eigenvalue weighted by atomic mass is 10.2. The number of rotatable bonds is 7. The van der Waals surface area contributed by atoms with Crippen LogP contribution < -0.4 is 11.1 Å². The summed E-state index contributed by atoms with van der Waals surface area (Å²) in [7, 11) is 2.08. The van der Waals surface area contributed by atoms with Gasteiger partial charge in [-0.25, -0.2) is 0 Å². The number of nitrogens with one attached hydrogen (secondary N) is 1. The van der Waals surface area contributed by atoms with E-state index in [0.29, 0.717) is 6.54 Å². The van der Waals surface area contributed by atoms with Gasteiger partial charge in [-0.1, -0.05) is 30.3 Å². The Kier molecular flexibility index (Phi) is 6.39. The molecule has 0 radical (unpaired) electrons. The normalized spacial score (nSPS) is 12.4. The fraction of sp³-hybridized carbons (Fsp3) is 0.500. The van der Waals surface area contributed by atoms with Crippen LogP contribution in [0.4, 0.5) is 0 Å². The lowest BCUT2D eigenvalue weighted by molar-refractivity contribution is -0.121. The fourth-order valence-electron chi connectivity index (χ4n) is 1.70. The summed E-state index contributed by atoms with van der Waals surface area (Å²) in [6, 6.07) is 9.93. The van der Waals surface area contributed by atoms with Crippen LogP contribution in [0.2, 0.25) is 0 Å². The first-order chi connectivity index (χ1) is 8.59. The summed E-state index contributed by atoms with van der Waals surface area (Å²) in [5.74, 6) is -0.0827. The maximum absolute atomic E-state index is 11.2. The van der Waals surface area contributed by atoms with E-state index < -0.39 is 6.04 Å². The summed E-state index contributed by atoms with van der Waals surface area (Å²) in [6.07, 6.45) is 0.932. The van der Waals surface area contributed by atoms with Gasteiger partial charge in [0.1, 0.15) is 0 Å². The van der Waals surface area contributed by atoms with Crippen molar-refractivity contribution in [2.75, 3.05) is 20.1 Å². The number of benzene rings is 1. The molecule has 4 heteroatoms. The van der Waals surface area contributed by atoms with Gasteiger partial charge in [-0.15, -0.1) is 0 Å². The van der Waals surface area contributed by atoms with E-state index in [1.165, 1.54) is 5.56 Å². The van der Waals surface area contributed by atoms with Crippen LogP contribution in [-0.4, -0.2) is 37.0 Å². The minimum atomic E-state index is -0.424. The van der Waals surface area contributed by atoms with E-state index in [2.05, 4.69) is 29.4 Å².